The Balaban J connectivity index is 2.26. The molecular weight excluding hydrogens is 257 g/mol. The number of hydrogen-bond acceptors (Lipinski definition) is 3. The number of aliphatic hydroxyl groups excluding tert-OH is 1. The highest BCUT2D eigenvalue weighted by Crippen LogP contribution is 2.13. The predicted molar refractivity (Wildman–Crippen MR) is 76.1 cm³/mol. The first-order valence-corrected chi connectivity index (χ1v) is 6.57. The van der Waals surface area contributed by atoms with E-state index in [1.165, 1.54) is 12.1 Å². The summed E-state index contributed by atoms with van der Waals surface area (Å²) >= 11 is 0. The summed E-state index contributed by atoms with van der Waals surface area (Å²) in [6.07, 6.45) is 3.70. The highest BCUT2D eigenvalue weighted by molar-refractivity contribution is 5.68. The normalized spacial score (nSPS) is 11.7. The van der Waals surface area contributed by atoms with Crippen molar-refractivity contribution in [1.29, 1.82) is 0 Å². The van der Waals surface area contributed by atoms with E-state index < -0.39 is 0 Å². The van der Waals surface area contributed by atoms with Gasteiger partial charge in [0.2, 0.25) is 0 Å². The number of halogens is 1. The molecule has 4 nitrogen and oxygen atoms in total. The molecule has 0 aliphatic heterocycles. The molecule has 0 radical (unpaired) electrons. The van der Waals surface area contributed by atoms with Crippen LogP contribution in [-0.4, -0.2) is 20.1 Å². The first-order valence-electron chi connectivity index (χ1n) is 6.57. The molecule has 0 aliphatic carbocycles. The Bertz CT molecular complexity index is 588. The number of hydrogen-bond donors (Lipinski definition) is 1. The van der Waals surface area contributed by atoms with Crippen molar-refractivity contribution in [3.8, 4) is 0 Å². The van der Waals surface area contributed by atoms with Crippen LogP contribution in [0.5, 0.6) is 0 Å². The van der Waals surface area contributed by atoms with Crippen LogP contribution >= 0.6 is 0 Å². The maximum atomic E-state index is 12.8. The molecule has 2 aromatic rings. The van der Waals surface area contributed by atoms with Gasteiger partial charge in [-0.3, -0.25) is 0 Å². The molecule has 2 rings (SSSR count). The van der Waals surface area contributed by atoms with Crippen LogP contribution in [0, 0.1) is 11.7 Å². The molecule has 1 aromatic carbocycles. The molecule has 0 fully saturated rings. The molecule has 1 heterocycles. The van der Waals surface area contributed by atoms with Crippen LogP contribution in [0.25, 0.3) is 12.2 Å². The van der Waals surface area contributed by atoms with Crippen molar-refractivity contribution in [2.75, 3.05) is 0 Å². The molecule has 0 saturated carbocycles. The van der Waals surface area contributed by atoms with E-state index in [-0.39, 0.29) is 12.4 Å². The summed E-state index contributed by atoms with van der Waals surface area (Å²) in [6, 6.07) is 6.22. The quantitative estimate of drug-likeness (QED) is 0.912. The topological polar surface area (TPSA) is 50.9 Å². The minimum absolute atomic E-state index is 0.152. The lowest BCUT2D eigenvalue weighted by molar-refractivity contribution is 0.276. The molecule has 20 heavy (non-hydrogen) atoms. The lowest BCUT2D eigenvalue weighted by Crippen LogP contribution is -2.08. The Kier molecular flexibility index (Phi) is 4.63. The molecular formula is C15H18FN3O. The summed E-state index contributed by atoms with van der Waals surface area (Å²) in [5.41, 5.74) is 2.21. The maximum absolute atomic E-state index is 12.8. The fourth-order valence-corrected chi connectivity index (χ4v) is 1.88. The number of rotatable bonds is 5. The first-order chi connectivity index (χ1) is 9.60. The fourth-order valence-electron chi connectivity index (χ4n) is 1.88. The van der Waals surface area contributed by atoms with Crippen molar-refractivity contribution < 1.29 is 9.50 Å². The third-order valence-electron chi connectivity index (χ3n) is 2.84. The minimum Gasteiger partial charge on any atom is -0.390 e. The summed E-state index contributed by atoms with van der Waals surface area (Å²) in [7, 11) is 0. The van der Waals surface area contributed by atoms with E-state index in [1.54, 1.807) is 16.8 Å². The van der Waals surface area contributed by atoms with Crippen molar-refractivity contribution >= 4 is 12.2 Å². The van der Waals surface area contributed by atoms with Crippen LogP contribution in [0.15, 0.2) is 24.3 Å². The van der Waals surface area contributed by atoms with Gasteiger partial charge in [0.25, 0.3) is 0 Å². The maximum Gasteiger partial charge on any atom is 0.123 e. The van der Waals surface area contributed by atoms with Gasteiger partial charge in [-0.25, -0.2) is 9.07 Å². The average molecular weight is 275 g/mol. The van der Waals surface area contributed by atoms with Crippen LogP contribution in [-0.2, 0) is 13.2 Å². The fraction of sp³-hybridized carbons (Fsp3) is 0.333. The number of aromatic nitrogens is 3. The van der Waals surface area contributed by atoms with Crippen LogP contribution in [0.3, 0.4) is 0 Å². The second kappa shape index (κ2) is 6.43. The molecule has 5 heteroatoms. The Labute approximate surface area is 117 Å². The van der Waals surface area contributed by atoms with E-state index in [9.17, 15) is 9.50 Å². The molecule has 0 saturated heterocycles. The van der Waals surface area contributed by atoms with Gasteiger partial charge < -0.3 is 5.11 Å². The van der Waals surface area contributed by atoms with Gasteiger partial charge in [-0.05, 0) is 29.7 Å². The molecule has 0 atom stereocenters. The SMILES string of the molecule is CC(C)Cn1nnc(CO)c1/C=C/c1ccc(F)cc1. The summed E-state index contributed by atoms with van der Waals surface area (Å²) < 4.78 is 14.6. The van der Waals surface area contributed by atoms with Gasteiger partial charge in [-0.2, -0.15) is 0 Å². The van der Waals surface area contributed by atoms with Crippen molar-refractivity contribution in [2.45, 2.75) is 27.0 Å². The Morgan fingerprint density at radius 1 is 1.25 bits per heavy atom. The lowest BCUT2D eigenvalue weighted by atomic mass is 10.1. The predicted octanol–water partition coefficient (Wildman–Crippen LogP) is 2.74. The smallest absolute Gasteiger partial charge is 0.123 e. The number of nitrogens with zero attached hydrogens (tertiary/aromatic N) is 3. The second-order valence-electron chi connectivity index (χ2n) is 5.04. The highest BCUT2D eigenvalue weighted by atomic mass is 19.1. The third kappa shape index (κ3) is 3.51. The molecule has 0 unspecified atom stereocenters. The van der Waals surface area contributed by atoms with Gasteiger partial charge in [-0.1, -0.05) is 37.3 Å². The van der Waals surface area contributed by atoms with E-state index in [0.717, 1.165) is 17.8 Å². The summed E-state index contributed by atoms with van der Waals surface area (Å²) in [4.78, 5) is 0. The average Bonchev–Trinajstić information content (AvgIpc) is 2.79. The molecule has 1 N–H and O–H groups in total. The van der Waals surface area contributed by atoms with E-state index in [4.69, 9.17) is 0 Å². The molecule has 106 valence electrons. The summed E-state index contributed by atoms with van der Waals surface area (Å²) in [6.45, 7) is 4.76. The molecule has 0 amide bonds. The van der Waals surface area contributed by atoms with E-state index >= 15 is 0 Å². The molecule has 0 spiro atoms. The van der Waals surface area contributed by atoms with Gasteiger partial charge in [0, 0.05) is 6.54 Å². The molecule has 0 aliphatic rings. The Hall–Kier alpha value is -2.01. The monoisotopic (exact) mass is 275 g/mol. The highest BCUT2D eigenvalue weighted by Gasteiger charge is 2.10. The zero-order chi connectivity index (χ0) is 14.5. The van der Waals surface area contributed by atoms with Crippen molar-refractivity contribution in [2.24, 2.45) is 5.92 Å². The van der Waals surface area contributed by atoms with E-state index in [1.807, 2.05) is 12.2 Å². The van der Waals surface area contributed by atoms with Crippen LogP contribution in [0.1, 0.15) is 30.8 Å². The van der Waals surface area contributed by atoms with Crippen LogP contribution < -0.4 is 0 Å². The number of aliphatic hydroxyl groups is 1. The van der Waals surface area contributed by atoms with Crippen LogP contribution in [0.2, 0.25) is 0 Å². The molecule has 0 bridgehead atoms. The van der Waals surface area contributed by atoms with Gasteiger partial charge in [0.05, 0.1) is 12.3 Å². The number of benzene rings is 1. The largest absolute Gasteiger partial charge is 0.390 e. The van der Waals surface area contributed by atoms with Crippen molar-refractivity contribution in [3.63, 3.8) is 0 Å². The molecule has 1 aromatic heterocycles. The standard InChI is InChI=1S/C15H18FN3O/c1-11(2)9-19-15(14(10-20)17-18-19)8-5-12-3-6-13(16)7-4-12/h3-8,11,20H,9-10H2,1-2H3/b8-5+. The van der Waals surface area contributed by atoms with E-state index in [2.05, 4.69) is 24.2 Å². The van der Waals surface area contributed by atoms with Gasteiger partial charge >= 0.3 is 0 Å². The zero-order valence-electron chi connectivity index (χ0n) is 11.6. The first kappa shape index (κ1) is 14.4. The van der Waals surface area contributed by atoms with Gasteiger partial charge in [0.15, 0.2) is 0 Å². The van der Waals surface area contributed by atoms with Gasteiger partial charge in [0.1, 0.15) is 11.5 Å². The Morgan fingerprint density at radius 2 is 1.95 bits per heavy atom. The van der Waals surface area contributed by atoms with E-state index in [0.29, 0.717) is 11.6 Å². The third-order valence-corrected chi connectivity index (χ3v) is 2.84. The van der Waals surface area contributed by atoms with Crippen LogP contribution in [0.4, 0.5) is 4.39 Å². The zero-order valence-corrected chi connectivity index (χ0v) is 11.6. The van der Waals surface area contributed by atoms with Crippen molar-refractivity contribution in [3.05, 3.63) is 47.0 Å². The Morgan fingerprint density at radius 3 is 2.55 bits per heavy atom. The van der Waals surface area contributed by atoms with Gasteiger partial charge in [-0.15, -0.1) is 5.10 Å². The minimum atomic E-state index is -0.260. The van der Waals surface area contributed by atoms with Crippen molar-refractivity contribution in [1.82, 2.24) is 15.0 Å². The summed E-state index contributed by atoms with van der Waals surface area (Å²) in [5.74, 6) is 0.172. The second-order valence-corrected chi connectivity index (χ2v) is 5.04. The summed E-state index contributed by atoms with van der Waals surface area (Å²) in [5, 5.41) is 17.3. The lowest BCUT2D eigenvalue weighted by Gasteiger charge is -2.06.